The molecule has 0 aliphatic carbocycles. The number of likely N-dealkylation sites (tertiary alicyclic amines) is 1. The number of piperidine rings is 1. The second kappa shape index (κ2) is 9.56. The molecule has 0 atom stereocenters. The first kappa shape index (κ1) is 19.4. The Morgan fingerprint density at radius 1 is 0.880 bits per heavy atom. The summed E-state index contributed by atoms with van der Waals surface area (Å²) in [5.74, 6) is 0.525. The Bertz CT molecular complexity index is 516. The van der Waals surface area contributed by atoms with Crippen LogP contribution in [0.5, 0.6) is 0 Å². The van der Waals surface area contributed by atoms with Gasteiger partial charge in [-0.1, -0.05) is 0 Å². The van der Waals surface area contributed by atoms with E-state index in [1.165, 1.54) is 12.6 Å². The van der Waals surface area contributed by atoms with Gasteiger partial charge in [0.05, 0.1) is 13.2 Å². The lowest BCUT2D eigenvalue weighted by molar-refractivity contribution is -0.132. The highest BCUT2D eigenvalue weighted by molar-refractivity contribution is 5.82. The fourth-order valence-electron chi connectivity index (χ4n) is 3.15. The second-order valence-electron chi connectivity index (χ2n) is 6.55. The van der Waals surface area contributed by atoms with Crippen molar-refractivity contribution >= 4 is 17.6 Å². The van der Waals surface area contributed by atoms with Gasteiger partial charge in [0, 0.05) is 78.1 Å². The van der Waals surface area contributed by atoms with Crippen LogP contribution in [0.3, 0.4) is 0 Å². The Morgan fingerprint density at radius 2 is 1.44 bits per heavy atom. The molecule has 140 valence electrons. The van der Waals surface area contributed by atoms with E-state index in [1.807, 2.05) is 4.90 Å². The predicted molar refractivity (Wildman–Crippen MR) is 93.8 cm³/mol. The molecule has 2 saturated heterocycles. The summed E-state index contributed by atoms with van der Waals surface area (Å²) in [6.07, 6.45) is 4.24. The molecule has 0 N–H and O–H groups in total. The number of nitrogens with zero attached hydrogens (tertiary/aromatic N) is 3. The summed E-state index contributed by atoms with van der Waals surface area (Å²) in [4.78, 5) is 38.5. The average Bonchev–Trinajstić information content (AvgIpc) is 2.63. The summed E-state index contributed by atoms with van der Waals surface area (Å²) in [5.41, 5.74) is 1.39. The summed E-state index contributed by atoms with van der Waals surface area (Å²) in [7, 11) is 0. The van der Waals surface area contributed by atoms with Crippen LogP contribution in [0.25, 0.3) is 0 Å². The Labute approximate surface area is 149 Å². The van der Waals surface area contributed by atoms with Crippen molar-refractivity contribution in [1.29, 1.82) is 0 Å². The number of hydrogen-bond donors (Lipinski definition) is 0. The van der Waals surface area contributed by atoms with Gasteiger partial charge in [-0.25, -0.2) is 0 Å². The molecular formula is C18H29N3O4. The molecule has 0 bridgehead atoms. The predicted octanol–water partition coefficient (Wildman–Crippen LogP) is 0.653. The van der Waals surface area contributed by atoms with E-state index in [9.17, 15) is 14.4 Å². The Hall–Kier alpha value is -1.89. The van der Waals surface area contributed by atoms with Crippen LogP contribution in [-0.2, 0) is 19.1 Å². The number of rotatable bonds is 1. The molecule has 2 fully saturated rings. The molecule has 7 nitrogen and oxygen atoms in total. The number of Topliss-reactive ketones (excluding diaryl/α,β-unsaturated/α-hetero) is 1. The Morgan fingerprint density at radius 3 is 1.92 bits per heavy atom. The van der Waals surface area contributed by atoms with Crippen LogP contribution >= 0.6 is 0 Å². The maximum atomic E-state index is 11.1. The molecule has 0 aromatic carbocycles. The lowest BCUT2D eigenvalue weighted by Crippen LogP contribution is -2.40. The second-order valence-corrected chi connectivity index (χ2v) is 6.55. The molecule has 2 amide bonds. The molecular weight excluding hydrogens is 322 g/mol. The van der Waals surface area contributed by atoms with Gasteiger partial charge in [-0.15, -0.1) is 0 Å². The minimum atomic E-state index is 0.0764. The summed E-state index contributed by atoms with van der Waals surface area (Å²) in [6.45, 7) is 9.67. The number of carbonyl (C=O) groups excluding carboxylic acids is 3. The Balaban J connectivity index is 0.000000196. The average molecular weight is 351 g/mol. The van der Waals surface area contributed by atoms with Crippen molar-refractivity contribution in [2.24, 2.45) is 0 Å². The monoisotopic (exact) mass is 351 g/mol. The molecule has 0 radical (unpaired) electrons. The van der Waals surface area contributed by atoms with Gasteiger partial charge in [0.25, 0.3) is 0 Å². The maximum Gasteiger partial charge on any atom is 0.219 e. The van der Waals surface area contributed by atoms with Gasteiger partial charge in [-0.2, -0.15) is 0 Å². The van der Waals surface area contributed by atoms with Crippen molar-refractivity contribution in [3.8, 4) is 0 Å². The normalized spacial score (nSPS) is 21.3. The van der Waals surface area contributed by atoms with Crippen LogP contribution < -0.4 is 0 Å². The van der Waals surface area contributed by atoms with Crippen LogP contribution in [0.15, 0.2) is 11.8 Å². The highest BCUT2D eigenvalue weighted by Crippen LogP contribution is 2.16. The molecule has 3 rings (SSSR count). The van der Waals surface area contributed by atoms with Crippen LogP contribution in [0, 0.1) is 0 Å². The molecule has 0 aromatic heterocycles. The first-order valence-electron chi connectivity index (χ1n) is 9.02. The van der Waals surface area contributed by atoms with Crippen molar-refractivity contribution in [3.05, 3.63) is 11.8 Å². The third-order valence-electron chi connectivity index (χ3n) is 4.81. The number of amides is 2. The molecule has 0 unspecified atom stereocenters. The third-order valence-corrected chi connectivity index (χ3v) is 4.81. The Kier molecular flexibility index (Phi) is 7.43. The van der Waals surface area contributed by atoms with Crippen molar-refractivity contribution in [1.82, 2.24) is 14.7 Å². The molecule has 7 heteroatoms. The highest BCUT2D eigenvalue weighted by atomic mass is 16.5. The van der Waals surface area contributed by atoms with Crippen molar-refractivity contribution in [3.63, 3.8) is 0 Å². The van der Waals surface area contributed by atoms with Crippen molar-refractivity contribution < 1.29 is 19.1 Å². The van der Waals surface area contributed by atoms with Crippen molar-refractivity contribution in [2.75, 3.05) is 52.5 Å². The summed E-state index contributed by atoms with van der Waals surface area (Å²) < 4.78 is 5.32. The number of ketones is 1. The van der Waals surface area contributed by atoms with E-state index in [2.05, 4.69) is 11.0 Å². The quantitative estimate of drug-likeness (QED) is 0.694. The summed E-state index contributed by atoms with van der Waals surface area (Å²) >= 11 is 0. The fraction of sp³-hybridized carbons (Fsp3) is 0.722. The molecule has 0 spiro atoms. The fourth-order valence-corrected chi connectivity index (χ4v) is 3.15. The minimum Gasteiger partial charge on any atom is -0.378 e. The molecule has 0 saturated carbocycles. The van der Waals surface area contributed by atoms with E-state index in [-0.39, 0.29) is 17.6 Å². The van der Waals surface area contributed by atoms with E-state index in [0.717, 1.165) is 45.8 Å². The maximum absolute atomic E-state index is 11.1. The van der Waals surface area contributed by atoms with Crippen molar-refractivity contribution in [2.45, 2.75) is 33.1 Å². The first-order valence-corrected chi connectivity index (χ1v) is 9.02. The summed E-state index contributed by atoms with van der Waals surface area (Å²) in [6, 6.07) is 0. The zero-order chi connectivity index (χ0) is 18.2. The molecule has 0 aromatic rings. The van der Waals surface area contributed by atoms with Gasteiger partial charge >= 0.3 is 0 Å². The molecule has 25 heavy (non-hydrogen) atoms. The van der Waals surface area contributed by atoms with E-state index >= 15 is 0 Å². The number of carbonyl (C=O) groups is 3. The van der Waals surface area contributed by atoms with Crippen LogP contribution in [0.2, 0.25) is 0 Å². The minimum absolute atomic E-state index is 0.0764. The first-order chi connectivity index (χ1) is 12.0. The van der Waals surface area contributed by atoms with Gasteiger partial charge in [0.15, 0.2) is 0 Å². The lowest BCUT2D eigenvalue weighted by Gasteiger charge is -2.35. The largest absolute Gasteiger partial charge is 0.378 e. The molecule has 3 heterocycles. The standard InChI is InChI=1S/C11H18N2O2.C7H11NO2/c1-10(14)12-4-2-11(3-5-12)13-6-8-15-9-7-13;1-6(9)8-4-2-7(10)3-5-8/h2H,3-9H2,1H3;2-5H2,1H3. The zero-order valence-electron chi connectivity index (χ0n) is 15.3. The molecule has 3 aliphatic rings. The number of morpholine rings is 1. The number of hydrogen-bond acceptors (Lipinski definition) is 5. The highest BCUT2D eigenvalue weighted by Gasteiger charge is 2.19. The summed E-state index contributed by atoms with van der Waals surface area (Å²) in [5, 5.41) is 0. The third kappa shape index (κ3) is 6.16. The van der Waals surface area contributed by atoms with Gasteiger partial charge in [-0.05, 0) is 6.08 Å². The SMILES string of the molecule is CC(=O)N1CC=C(N2CCOCC2)CC1.CC(=O)N1CCC(=O)CC1. The van der Waals surface area contributed by atoms with Crippen LogP contribution in [0.1, 0.15) is 33.1 Å². The van der Waals surface area contributed by atoms with Gasteiger partial charge in [0.2, 0.25) is 11.8 Å². The van der Waals surface area contributed by atoms with Crippen LogP contribution in [-0.4, -0.2) is 84.8 Å². The van der Waals surface area contributed by atoms with Gasteiger partial charge in [0.1, 0.15) is 5.78 Å². The van der Waals surface area contributed by atoms with E-state index in [4.69, 9.17) is 4.74 Å². The van der Waals surface area contributed by atoms with Gasteiger partial charge in [-0.3, -0.25) is 14.4 Å². The van der Waals surface area contributed by atoms with E-state index < -0.39 is 0 Å². The lowest BCUT2D eigenvalue weighted by atomic mass is 10.1. The number of ether oxygens (including phenoxy) is 1. The molecule has 3 aliphatic heterocycles. The van der Waals surface area contributed by atoms with Gasteiger partial charge < -0.3 is 19.4 Å². The smallest absolute Gasteiger partial charge is 0.219 e. The zero-order valence-corrected chi connectivity index (χ0v) is 15.3. The topological polar surface area (TPSA) is 70.2 Å². The van der Waals surface area contributed by atoms with Crippen LogP contribution in [0.4, 0.5) is 0 Å². The van der Waals surface area contributed by atoms with E-state index in [1.54, 1.807) is 11.8 Å². The van der Waals surface area contributed by atoms with E-state index in [0.29, 0.717) is 25.9 Å².